The highest BCUT2D eigenvalue weighted by atomic mass is 35.5. The van der Waals surface area contributed by atoms with Gasteiger partial charge in [-0.3, -0.25) is 0 Å². The molecule has 0 saturated heterocycles. The van der Waals surface area contributed by atoms with E-state index in [0.29, 0.717) is 5.92 Å². The minimum absolute atomic E-state index is 0.149. The van der Waals surface area contributed by atoms with Crippen LogP contribution in [-0.2, 0) is 0 Å². The zero-order valence-corrected chi connectivity index (χ0v) is 11.5. The van der Waals surface area contributed by atoms with Crippen LogP contribution in [0.15, 0.2) is 29.2 Å². The number of likely N-dealkylation sites (N-methyl/N-ethyl adjacent to an activating group) is 1. The number of hydrogen-bond acceptors (Lipinski definition) is 3. The van der Waals surface area contributed by atoms with Crippen molar-refractivity contribution in [2.45, 2.75) is 23.3 Å². The molecule has 0 bridgehead atoms. The minimum Gasteiger partial charge on any atom is -0.394 e. The summed E-state index contributed by atoms with van der Waals surface area (Å²) in [4.78, 5) is 1.09. The van der Waals surface area contributed by atoms with E-state index in [9.17, 15) is 5.11 Å². The van der Waals surface area contributed by atoms with Crippen LogP contribution in [-0.4, -0.2) is 30.1 Å². The molecule has 1 fully saturated rings. The van der Waals surface area contributed by atoms with E-state index in [0.717, 1.165) is 15.7 Å². The molecule has 1 unspecified atom stereocenters. The standard InChI is InChI=1S/C13H18ClNOS/c1-15-13(8-16,10-6-7-10)9-17-12-5-3-2-4-11(12)14/h2-5,10,15-16H,6-9H2,1H3. The Morgan fingerprint density at radius 1 is 1.47 bits per heavy atom. The van der Waals surface area contributed by atoms with Gasteiger partial charge in [0.15, 0.2) is 0 Å². The molecule has 2 N–H and O–H groups in total. The molecule has 2 nitrogen and oxygen atoms in total. The number of benzene rings is 1. The van der Waals surface area contributed by atoms with Crippen LogP contribution in [0, 0.1) is 5.92 Å². The number of aliphatic hydroxyl groups is 1. The van der Waals surface area contributed by atoms with Gasteiger partial charge in [0.25, 0.3) is 0 Å². The minimum atomic E-state index is -0.149. The van der Waals surface area contributed by atoms with Crippen LogP contribution in [0.25, 0.3) is 0 Å². The van der Waals surface area contributed by atoms with Crippen molar-refractivity contribution in [3.63, 3.8) is 0 Å². The average molecular weight is 272 g/mol. The van der Waals surface area contributed by atoms with Gasteiger partial charge in [0.1, 0.15) is 0 Å². The molecule has 0 aromatic heterocycles. The molecule has 1 atom stereocenters. The van der Waals surface area contributed by atoms with Gasteiger partial charge in [-0.15, -0.1) is 11.8 Å². The summed E-state index contributed by atoms with van der Waals surface area (Å²) < 4.78 is 0. The van der Waals surface area contributed by atoms with Crippen LogP contribution < -0.4 is 5.32 Å². The lowest BCUT2D eigenvalue weighted by molar-refractivity contribution is 0.167. The third kappa shape index (κ3) is 2.97. The molecule has 1 aromatic carbocycles. The van der Waals surface area contributed by atoms with Gasteiger partial charge in [0, 0.05) is 10.6 Å². The summed E-state index contributed by atoms with van der Waals surface area (Å²) in [5, 5.41) is 13.7. The second kappa shape index (κ2) is 5.61. The molecule has 1 aliphatic carbocycles. The smallest absolute Gasteiger partial charge is 0.0624 e. The van der Waals surface area contributed by atoms with E-state index >= 15 is 0 Å². The number of thioether (sulfide) groups is 1. The first kappa shape index (κ1) is 13.2. The first-order valence-electron chi connectivity index (χ1n) is 5.89. The Bertz CT molecular complexity index is 377. The van der Waals surface area contributed by atoms with Gasteiger partial charge in [-0.1, -0.05) is 23.7 Å². The zero-order chi connectivity index (χ0) is 12.3. The number of hydrogen-bond donors (Lipinski definition) is 2. The summed E-state index contributed by atoms with van der Waals surface area (Å²) in [5.74, 6) is 1.46. The summed E-state index contributed by atoms with van der Waals surface area (Å²) in [6, 6.07) is 7.86. The van der Waals surface area contributed by atoms with Gasteiger partial charge in [0.2, 0.25) is 0 Å². The fourth-order valence-corrected chi connectivity index (χ4v) is 3.62. The van der Waals surface area contributed by atoms with Crippen molar-refractivity contribution in [3.05, 3.63) is 29.3 Å². The van der Waals surface area contributed by atoms with E-state index < -0.39 is 0 Å². The molecule has 1 aromatic rings. The van der Waals surface area contributed by atoms with E-state index in [2.05, 4.69) is 5.32 Å². The van der Waals surface area contributed by atoms with Crippen LogP contribution in [0.2, 0.25) is 5.02 Å². The lowest BCUT2D eigenvalue weighted by atomic mass is 9.97. The quantitative estimate of drug-likeness (QED) is 0.781. The van der Waals surface area contributed by atoms with Crippen LogP contribution in [0.1, 0.15) is 12.8 Å². The summed E-state index contributed by atoms with van der Waals surface area (Å²) in [7, 11) is 1.93. The Labute approximate surface area is 112 Å². The second-order valence-corrected chi connectivity index (χ2v) is 5.98. The summed E-state index contributed by atoms with van der Waals surface area (Å²) in [6.45, 7) is 0.186. The highest BCUT2D eigenvalue weighted by Gasteiger charge is 2.43. The first-order chi connectivity index (χ1) is 8.22. The molecule has 1 aliphatic rings. The average Bonchev–Trinajstić information content (AvgIpc) is 3.18. The van der Waals surface area contributed by atoms with Crippen molar-refractivity contribution >= 4 is 23.4 Å². The topological polar surface area (TPSA) is 32.3 Å². The van der Waals surface area contributed by atoms with E-state index in [1.165, 1.54) is 12.8 Å². The molecule has 0 aliphatic heterocycles. The van der Waals surface area contributed by atoms with E-state index in [-0.39, 0.29) is 12.1 Å². The molecule has 4 heteroatoms. The van der Waals surface area contributed by atoms with E-state index in [4.69, 9.17) is 11.6 Å². The van der Waals surface area contributed by atoms with E-state index in [1.54, 1.807) is 11.8 Å². The monoisotopic (exact) mass is 271 g/mol. The maximum atomic E-state index is 9.63. The molecule has 1 saturated carbocycles. The molecule has 0 spiro atoms. The Morgan fingerprint density at radius 2 is 2.18 bits per heavy atom. The van der Waals surface area contributed by atoms with E-state index in [1.807, 2.05) is 31.3 Å². The summed E-state index contributed by atoms with van der Waals surface area (Å²) >= 11 is 7.85. The van der Waals surface area contributed by atoms with Crippen LogP contribution in [0.3, 0.4) is 0 Å². The molecule has 2 rings (SSSR count). The van der Waals surface area contributed by atoms with Gasteiger partial charge >= 0.3 is 0 Å². The number of rotatable bonds is 6. The fourth-order valence-electron chi connectivity index (χ4n) is 2.05. The molecule has 0 radical (unpaired) electrons. The molecule has 94 valence electrons. The van der Waals surface area contributed by atoms with Crippen molar-refractivity contribution in [3.8, 4) is 0 Å². The Balaban J connectivity index is 2.02. The van der Waals surface area contributed by atoms with Gasteiger partial charge in [0.05, 0.1) is 17.2 Å². The van der Waals surface area contributed by atoms with Gasteiger partial charge < -0.3 is 10.4 Å². The Hall–Kier alpha value is -0.220. The molecule has 0 amide bonds. The number of nitrogens with one attached hydrogen (secondary N) is 1. The van der Waals surface area contributed by atoms with Crippen molar-refractivity contribution in [2.24, 2.45) is 5.92 Å². The maximum absolute atomic E-state index is 9.63. The Morgan fingerprint density at radius 3 is 2.71 bits per heavy atom. The highest BCUT2D eigenvalue weighted by Crippen LogP contribution is 2.42. The first-order valence-corrected chi connectivity index (χ1v) is 7.25. The fraction of sp³-hybridized carbons (Fsp3) is 0.538. The highest BCUT2D eigenvalue weighted by molar-refractivity contribution is 7.99. The predicted octanol–water partition coefficient (Wildman–Crippen LogP) is 2.79. The van der Waals surface area contributed by atoms with Crippen molar-refractivity contribution in [1.82, 2.24) is 5.32 Å². The van der Waals surface area contributed by atoms with Gasteiger partial charge in [-0.05, 0) is 37.9 Å². The van der Waals surface area contributed by atoms with Crippen LogP contribution in [0.4, 0.5) is 0 Å². The van der Waals surface area contributed by atoms with Gasteiger partial charge in [-0.25, -0.2) is 0 Å². The lowest BCUT2D eigenvalue weighted by Crippen LogP contribution is -2.51. The molecular weight excluding hydrogens is 254 g/mol. The van der Waals surface area contributed by atoms with Crippen LogP contribution in [0.5, 0.6) is 0 Å². The van der Waals surface area contributed by atoms with Gasteiger partial charge in [-0.2, -0.15) is 0 Å². The second-order valence-electron chi connectivity index (χ2n) is 4.56. The van der Waals surface area contributed by atoms with Crippen LogP contribution >= 0.6 is 23.4 Å². The molecule has 17 heavy (non-hydrogen) atoms. The zero-order valence-electron chi connectivity index (χ0n) is 9.95. The summed E-state index contributed by atoms with van der Waals surface area (Å²) in [6.07, 6.45) is 2.43. The third-order valence-electron chi connectivity index (χ3n) is 3.46. The SMILES string of the molecule is CNC(CO)(CSc1ccccc1Cl)C1CC1. The van der Waals surface area contributed by atoms with Crippen molar-refractivity contribution < 1.29 is 5.11 Å². The Kier molecular flexibility index (Phi) is 4.36. The third-order valence-corrected chi connectivity index (χ3v) is 5.23. The normalized spacial score (nSPS) is 19.0. The lowest BCUT2D eigenvalue weighted by Gasteiger charge is -2.31. The predicted molar refractivity (Wildman–Crippen MR) is 73.8 cm³/mol. The largest absolute Gasteiger partial charge is 0.394 e. The van der Waals surface area contributed by atoms with Crippen molar-refractivity contribution in [2.75, 3.05) is 19.4 Å². The summed E-state index contributed by atoms with van der Waals surface area (Å²) in [5.41, 5.74) is -0.149. The molecular formula is C13H18ClNOS. The van der Waals surface area contributed by atoms with Crippen molar-refractivity contribution in [1.29, 1.82) is 0 Å². The molecule has 0 heterocycles. The number of aliphatic hydroxyl groups excluding tert-OH is 1. The maximum Gasteiger partial charge on any atom is 0.0624 e. The number of halogens is 1.